The van der Waals surface area contributed by atoms with Gasteiger partial charge in [0.1, 0.15) is 0 Å². The Kier molecular flexibility index (Phi) is 4.53. The second-order valence-electron chi connectivity index (χ2n) is 5.71. The van der Waals surface area contributed by atoms with Crippen molar-refractivity contribution in [2.24, 2.45) is 0 Å². The minimum atomic E-state index is -0.779. The molecule has 2 nitrogen and oxygen atoms in total. The van der Waals surface area contributed by atoms with Crippen molar-refractivity contribution in [3.63, 3.8) is 0 Å². The SMILES string of the molecule is CC(C)N[C@@H]1CCN(C)[C@H](c2ccc(F)c(F)c2)C1. The summed E-state index contributed by atoms with van der Waals surface area (Å²) in [7, 11) is 2.04. The van der Waals surface area contributed by atoms with Gasteiger partial charge >= 0.3 is 0 Å². The zero-order valence-corrected chi connectivity index (χ0v) is 11.8. The van der Waals surface area contributed by atoms with E-state index in [1.54, 1.807) is 6.07 Å². The number of hydrogen-bond donors (Lipinski definition) is 1. The highest BCUT2D eigenvalue weighted by atomic mass is 19.2. The summed E-state index contributed by atoms with van der Waals surface area (Å²) in [6.07, 6.45) is 2.02. The lowest BCUT2D eigenvalue weighted by Crippen LogP contribution is -2.44. The molecular formula is C15H22F2N2. The Bertz CT molecular complexity index is 434. The number of benzene rings is 1. The van der Waals surface area contributed by atoms with Gasteiger partial charge < -0.3 is 5.32 Å². The number of nitrogens with zero attached hydrogens (tertiary/aromatic N) is 1. The van der Waals surface area contributed by atoms with E-state index in [1.807, 2.05) is 7.05 Å². The highest BCUT2D eigenvalue weighted by Crippen LogP contribution is 2.30. The van der Waals surface area contributed by atoms with Crippen LogP contribution in [-0.2, 0) is 0 Å². The van der Waals surface area contributed by atoms with Gasteiger partial charge in [-0.15, -0.1) is 0 Å². The van der Waals surface area contributed by atoms with Crippen LogP contribution in [0.25, 0.3) is 0 Å². The highest BCUT2D eigenvalue weighted by Gasteiger charge is 2.27. The van der Waals surface area contributed by atoms with Crippen LogP contribution >= 0.6 is 0 Å². The zero-order valence-electron chi connectivity index (χ0n) is 11.8. The minimum absolute atomic E-state index is 0.153. The number of hydrogen-bond acceptors (Lipinski definition) is 2. The Morgan fingerprint density at radius 3 is 2.63 bits per heavy atom. The van der Waals surface area contributed by atoms with Gasteiger partial charge in [0, 0.05) is 18.1 Å². The number of rotatable bonds is 3. The van der Waals surface area contributed by atoms with Gasteiger partial charge in [-0.05, 0) is 44.1 Å². The Hall–Kier alpha value is -1.00. The molecule has 1 aromatic carbocycles. The fourth-order valence-corrected chi connectivity index (χ4v) is 2.82. The highest BCUT2D eigenvalue weighted by molar-refractivity contribution is 5.22. The van der Waals surface area contributed by atoms with Crippen LogP contribution in [0.1, 0.15) is 38.3 Å². The second kappa shape index (κ2) is 5.97. The van der Waals surface area contributed by atoms with Crippen LogP contribution in [0.4, 0.5) is 8.78 Å². The van der Waals surface area contributed by atoms with E-state index in [9.17, 15) is 8.78 Å². The van der Waals surface area contributed by atoms with Crippen molar-refractivity contribution in [1.29, 1.82) is 0 Å². The predicted octanol–water partition coefficient (Wildman–Crippen LogP) is 3.10. The summed E-state index contributed by atoms with van der Waals surface area (Å²) in [4.78, 5) is 2.21. The van der Waals surface area contributed by atoms with Crippen LogP contribution in [0.2, 0.25) is 0 Å². The zero-order chi connectivity index (χ0) is 14.0. The molecule has 0 bridgehead atoms. The first-order valence-electron chi connectivity index (χ1n) is 6.88. The van der Waals surface area contributed by atoms with Crippen molar-refractivity contribution in [3.8, 4) is 0 Å². The molecule has 19 heavy (non-hydrogen) atoms. The summed E-state index contributed by atoms with van der Waals surface area (Å²) < 4.78 is 26.4. The summed E-state index contributed by atoms with van der Waals surface area (Å²) in [6, 6.07) is 5.28. The molecule has 0 aromatic heterocycles. The summed E-state index contributed by atoms with van der Waals surface area (Å²) in [6.45, 7) is 5.23. The number of nitrogens with one attached hydrogen (secondary N) is 1. The molecule has 1 aliphatic heterocycles. The maximum absolute atomic E-state index is 13.4. The van der Waals surface area contributed by atoms with Crippen LogP contribution in [0.5, 0.6) is 0 Å². The van der Waals surface area contributed by atoms with E-state index in [4.69, 9.17) is 0 Å². The van der Waals surface area contributed by atoms with E-state index >= 15 is 0 Å². The van der Waals surface area contributed by atoms with Gasteiger partial charge in [-0.3, -0.25) is 4.90 Å². The molecule has 1 saturated heterocycles. The number of piperidine rings is 1. The lowest BCUT2D eigenvalue weighted by molar-refractivity contribution is 0.152. The second-order valence-corrected chi connectivity index (χ2v) is 5.71. The monoisotopic (exact) mass is 268 g/mol. The largest absolute Gasteiger partial charge is 0.312 e. The molecule has 0 aliphatic carbocycles. The molecule has 0 amide bonds. The van der Waals surface area contributed by atoms with Crippen molar-refractivity contribution in [2.45, 2.75) is 44.8 Å². The third kappa shape index (κ3) is 3.51. The van der Waals surface area contributed by atoms with Gasteiger partial charge in [0.15, 0.2) is 11.6 Å². The van der Waals surface area contributed by atoms with Gasteiger partial charge in [0.2, 0.25) is 0 Å². The average molecular weight is 268 g/mol. The molecule has 1 aliphatic rings. The van der Waals surface area contributed by atoms with Crippen LogP contribution in [0, 0.1) is 11.6 Å². The van der Waals surface area contributed by atoms with E-state index in [0.29, 0.717) is 12.1 Å². The average Bonchev–Trinajstić information content (AvgIpc) is 2.34. The molecule has 1 heterocycles. The number of halogens is 2. The summed E-state index contributed by atoms with van der Waals surface area (Å²) >= 11 is 0. The molecule has 106 valence electrons. The fraction of sp³-hybridized carbons (Fsp3) is 0.600. The van der Waals surface area contributed by atoms with E-state index in [0.717, 1.165) is 24.9 Å². The quantitative estimate of drug-likeness (QED) is 0.906. The molecule has 1 aromatic rings. The fourth-order valence-electron chi connectivity index (χ4n) is 2.82. The smallest absolute Gasteiger partial charge is 0.159 e. The first kappa shape index (κ1) is 14.4. The Morgan fingerprint density at radius 1 is 1.26 bits per heavy atom. The van der Waals surface area contributed by atoms with E-state index in [2.05, 4.69) is 24.1 Å². The first-order chi connectivity index (χ1) is 8.97. The van der Waals surface area contributed by atoms with Gasteiger partial charge in [-0.1, -0.05) is 19.9 Å². The Labute approximate surface area is 113 Å². The van der Waals surface area contributed by atoms with Crippen molar-refractivity contribution >= 4 is 0 Å². The van der Waals surface area contributed by atoms with Gasteiger partial charge in [-0.2, -0.15) is 0 Å². The van der Waals surface area contributed by atoms with Crippen molar-refractivity contribution in [1.82, 2.24) is 10.2 Å². The third-order valence-electron chi connectivity index (χ3n) is 3.77. The van der Waals surface area contributed by atoms with Crippen LogP contribution < -0.4 is 5.32 Å². The summed E-state index contributed by atoms with van der Waals surface area (Å²) in [5, 5.41) is 3.53. The lowest BCUT2D eigenvalue weighted by atomic mass is 9.92. The minimum Gasteiger partial charge on any atom is -0.312 e. The molecule has 0 unspecified atom stereocenters. The molecule has 0 spiro atoms. The normalized spacial score (nSPS) is 24.9. The number of likely N-dealkylation sites (tertiary alicyclic amines) is 1. The standard InChI is InChI=1S/C15H22F2N2/c1-10(2)18-12-6-7-19(3)15(9-12)11-4-5-13(16)14(17)8-11/h4-5,8,10,12,15,18H,6-7,9H2,1-3H3/t12-,15+/m1/s1. The Morgan fingerprint density at radius 2 is 2.00 bits per heavy atom. The van der Waals surface area contributed by atoms with Crippen molar-refractivity contribution < 1.29 is 8.78 Å². The van der Waals surface area contributed by atoms with Gasteiger partial charge in [0.25, 0.3) is 0 Å². The molecular weight excluding hydrogens is 246 g/mol. The van der Waals surface area contributed by atoms with Crippen molar-refractivity contribution in [3.05, 3.63) is 35.4 Å². The summed E-state index contributed by atoms with van der Waals surface area (Å²) in [5.74, 6) is -1.54. The van der Waals surface area contributed by atoms with Gasteiger partial charge in [-0.25, -0.2) is 8.78 Å². The topological polar surface area (TPSA) is 15.3 Å². The molecule has 4 heteroatoms. The molecule has 0 saturated carbocycles. The maximum Gasteiger partial charge on any atom is 0.159 e. The summed E-state index contributed by atoms with van der Waals surface area (Å²) in [5.41, 5.74) is 0.858. The molecule has 1 N–H and O–H groups in total. The molecule has 1 fully saturated rings. The van der Waals surface area contributed by atoms with Crippen LogP contribution in [0.15, 0.2) is 18.2 Å². The maximum atomic E-state index is 13.4. The lowest BCUT2D eigenvalue weighted by Gasteiger charge is -2.38. The van der Waals surface area contributed by atoms with E-state index in [-0.39, 0.29) is 6.04 Å². The van der Waals surface area contributed by atoms with Crippen molar-refractivity contribution in [2.75, 3.05) is 13.6 Å². The van der Waals surface area contributed by atoms with E-state index in [1.165, 1.54) is 12.1 Å². The molecule has 2 rings (SSSR count). The van der Waals surface area contributed by atoms with Gasteiger partial charge in [0.05, 0.1) is 0 Å². The Balaban J connectivity index is 2.14. The van der Waals surface area contributed by atoms with Crippen LogP contribution in [-0.4, -0.2) is 30.6 Å². The van der Waals surface area contributed by atoms with E-state index < -0.39 is 11.6 Å². The molecule has 0 radical (unpaired) electrons. The first-order valence-corrected chi connectivity index (χ1v) is 6.88. The van der Waals surface area contributed by atoms with Crippen LogP contribution in [0.3, 0.4) is 0 Å². The predicted molar refractivity (Wildman–Crippen MR) is 73.0 cm³/mol. The molecule has 2 atom stereocenters. The third-order valence-corrected chi connectivity index (χ3v) is 3.77.